The normalized spacial score (nSPS) is 15.6. The van der Waals surface area contributed by atoms with Gasteiger partial charge < -0.3 is 20.1 Å². The van der Waals surface area contributed by atoms with Crippen molar-refractivity contribution in [2.24, 2.45) is 0 Å². The molecule has 0 saturated carbocycles. The summed E-state index contributed by atoms with van der Waals surface area (Å²) in [4.78, 5) is 61.1. The summed E-state index contributed by atoms with van der Waals surface area (Å²) in [6.45, 7) is 1.27. The number of hydrogen-bond acceptors (Lipinski definition) is 7. The van der Waals surface area contributed by atoms with Crippen molar-refractivity contribution in [3.05, 3.63) is 46.7 Å². The van der Waals surface area contributed by atoms with Crippen LogP contribution in [0.5, 0.6) is 0 Å². The summed E-state index contributed by atoms with van der Waals surface area (Å²) in [5, 5.41) is 4.86. The molecule has 2 aliphatic heterocycles. The molecule has 29 heavy (non-hydrogen) atoms. The van der Waals surface area contributed by atoms with Crippen molar-refractivity contribution in [3.8, 4) is 0 Å². The largest absolute Gasteiger partial charge is 0.463 e. The molecule has 10 heteroatoms. The molecule has 10 nitrogen and oxygen atoms in total. The third kappa shape index (κ3) is 4.26. The highest BCUT2D eigenvalue weighted by atomic mass is 16.5. The van der Waals surface area contributed by atoms with Gasteiger partial charge in [-0.2, -0.15) is 0 Å². The van der Waals surface area contributed by atoms with E-state index in [1.165, 1.54) is 0 Å². The van der Waals surface area contributed by atoms with Crippen molar-refractivity contribution in [1.29, 1.82) is 0 Å². The van der Waals surface area contributed by atoms with E-state index in [4.69, 9.17) is 9.47 Å². The molecular formula is C19H19N3O7. The second-order valence-corrected chi connectivity index (χ2v) is 6.20. The maximum Gasteiger partial charge on any atom is 0.337 e. The molecule has 0 aromatic heterocycles. The van der Waals surface area contributed by atoms with Crippen molar-refractivity contribution in [1.82, 2.24) is 15.5 Å². The zero-order valence-corrected chi connectivity index (χ0v) is 15.6. The summed E-state index contributed by atoms with van der Waals surface area (Å²) in [7, 11) is 0. The molecule has 2 aliphatic rings. The van der Waals surface area contributed by atoms with Gasteiger partial charge in [0.05, 0.1) is 42.0 Å². The molecule has 4 amide bonds. The maximum absolute atomic E-state index is 12.3. The summed E-state index contributed by atoms with van der Waals surface area (Å²) in [6.07, 6.45) is -0.223. The van der Waals surface area contributed by atoms with Crippen molar-refractivity contribution in [2.75, 3.05) is 26.3 Å². The van der Waals surface area contributed by atoms with E-state index < -0.39 is 29.8 Å². The molecule has 152 valence electrons. The molecule has 0 fully saturated rings. The molecule has 1 aromatic carbocycles. The first kappa shape index (κ1) is 20.1. The fourth-order valence-electron chi connectivity index (χ4n) is 2.94. The van der Waals surface area contributed by atoms with Crippen LogP contribution in [0, 0.1) is 0 Å². The van der Waals surface area contributed by atoms with Gasteiger partial charge in [-0.15, -0.1) is 0 Å². The lowest BCUT2D eigenvalue weighted by Gasteiger charge is -2.21. The van der Waals surface area contributed by atoms with Gasteiger partial charge in [0.2, 0.25) is 0 Å². The summed E-state index contributed by atoms with van der Waals surface area (Å²) in [6, 6.07) is 5.89. The highest BCUT2D eigenvalue weighted by molar-refractivity contribution is 6.21. The second kappa shape index (κ2) is 8.55. The first-order chi connectivity index (χ1) is 13.9. The van der Waals surface area contributed by atoms with Gasteiger partial charge in [0.15, 0.2) is 0 Å². The highest BCUT2D eigenvalue weighted by Crippen LogP contribution is 2.22. The Morgan fingerprint density at radius 2 is 1.72 bits per heavy atom. The predicted octanol–water partition coefficient (Wildman–Crippen LogP) is 0.346. The Morgan fingerprint density at radius 3 is 2.34 bits per heavy atom. The minimum Gasteiger partial charge on any atom is -0.463 e. The Bertz CT molecular complexity index is 887. The number of benzene rings is 1. The molecule has 2 N–H and O–H groups in total. The molecule has 3 rings (SSSR count). The quantitative estimate of drug-likeness (QED) is 0.498. The standard InChI is InChI=1S/C19H19N3O7/c1-2-28-18(26)13-9-20-19(27)21-14(13)10-29-15(23)7-8-22-16(24)11-5-3-4-6-12(11)17(22)25/h3-6H,2,7-10H2,1H3,(H2,20,21,27). The van der Waals surface area contributed by atoms with E-state index in [0.717, 1.165) is 4.90 Å². The predicted molar refractivity (Wildman–Crippen MR) is 97.6 cm³/mol. The average Bonchev–Trinajstić information content (AvgIpc) is 2.95. The molecule has 0 radical (unpaired) electrons. The molecule has 1 aromatic rings. The van der Waals surface area contributed by atoms with Gasteiger partial charge in [-0.1, -0.05) is 12.1 Å². The number of nitrogens with one attached hydrogen (secondary N) is 2. The number of nitrogens with zero attached hydrogens (tertiary/aromatic N) is 1. The van der Waals surface area contributed by atoms with Gasteiger partial charge in [0, 0.05) is 6.54 Å². The topological polar surface area (TPSA) is 131 Å². The second-order valence-electron chi connectivity index (χ2n) is 6.20. The van der Waals surface area contributed by atoms with Crippen LogP contribution in [0.1, 0.15) is 34.1 Å². The number of hydrogen-bond donors (Lipinski definition) is 2. The first-order valence-corrected chi connectivity index (χ1v) is 8.97. The molecule has 0 spiro atoms. The van der Waals surface area contributed by atoms with E-state index >= 15 is 0 Å². The number of carbonyl (C=O) groups is 5. The van der Waals surface area contributed by atoms with Gasteiger partial charge in [0.1, 0.15) is 6.61 Å². The number of esters is 2. The number of rotatable bonds is 7. The third-order valence-corrected chi connectivity index (χ3v) is 4.37. The van der Waals surface area contributed by atoms with Gasteiger partial charge >= 0.3 is 18.0 Å². The molecule has 0 atom stereocenters. The van der Waals surface area contributed by atoms with Gasteiger partial charge in [-0.3, -0.25) is 19.3 Å². The number of urea groups is 1. The lowest BCUT2D eigenvalue weighted by molar-refractivity contribution is -0.143. The Kier molecular flexibility index (Phi) is 5.91. The van der Waals surface area contributed by atoms with Crippen LogP contribution in [0.25, 0.3) is 0 Å². The highest BCUT2D eigenvalue weighted by Gasteiger charge is 2.35. The summed E-state index contributed by atoms with van der Waals surface area (Å²) < 4.78 is 10.0. The van der Waals surface area contributed by atoms with Crippen LogP contribution in [-0.4, -0.2) is 61.0 Å². The summed E-state index contributed by atoms with van der Waals surface area (Å²) >= 11 is 0. The van der Waals surface area contributed by atoms with Gasteiger partial charge in [-0.25, -0.2) is 9.59 Å². The summed E-state index contributed by atoms with van der Waals surface area (Å²) in [5.41, 5.74) is 0.876. The molecule has 2 heterocycles. The van der Waals surface area contributed by atoms with Crippen molar-refractivity contribution in [3.63, 3.8) is 0 Å². The average molecular weight is 401 g/mol. The van der Waals surface area contributed by atoms with Crippen LogP contribution in [0.2, 0.25) is 0 Å². The smallest absolute Gasteiger partial charge is 0.337 e. The lowest BCUT2D eigenvalue weighted by atomic mass is 10.1. The SMILES string of the molecule is CCOC(=O)C1=C(COC(=O)CCN2C(=O)c3ccccc3C2=O)NC(=O)NC1. The Labute approximate surface area is 165 Å². The first-order valence-electron chi connectivity index (χ1n) is 8.97. The number of amides is 4. The third-order valence-electron chi connectivity index (χ3n) is 4.37. The van der Waals surface area contributed by atoms with Crippen LogP contribution < -0.4 is 10.6 Å². The van der Waals surface area contributed by atoms with Crippen LogP contribution in [0.15, 0.2) is 35.5 Å². The van der Waals surface area contributed by atoms with Crippen molar-refractivity contribution in [2.45, 2.75) is 13.3 Å². The Balaban J connectivity index is 1.57. The molecule has 0 aliphatic carbocycles. The number of fused-ring (bicyclic) bond motifs is 1. The minimum atomic E-state index is -0.690. The summed E-state index contributed by atoms with van der Waals surface area (Å²) in [5.74, 6) is -2.24. The van der Waals surface area contributed by atoms with Crippen LogP contribution >= 0.6 is 0 Å². The zero-order chi connectivity index (χ0) is 21.0. The monoisotopic (exact) mass is 401 g/mol. The fourth-order valence-corrected chi connectivity index (χ4v) is 2.94. The molecule has 0 bridgehead atoms. The van der Waals surface area contributed by atoms with Gasteiger partial charge in [-0.05, 0) is 19.1 Å². The Morgan fingerprint density at radius 1 is 1.07 bits per heavy atom. The van der Waals surface area contributed by atoms with Crippen LogP contribution in [0.4, 0.5) is 4.79 Å². The van der Waals surface area contributed by atoms with Crippen molar-refractivity contribution >= 4 is 29.8 Å². The van der Waals surface area contributed by atoms with Crippen LogP contribution in [0.3, 0.4) is 0 Å². The number of ether oxygens (including phenoxy) is 2. The lowest BCUT2D eigenvalue weighted by Crippen LogP contribution is -2.45. The van der Waals surface area contributed by atoms with E-state index in [1.54, 1.807) is 31.2 Å². The van der Waals surface area contributed by atoms with E-state index in [1.807, 2.05) is 0 Å². The number of carbonyl (C=O) groups excluding carboxylic acids is 5. The molecule has 0 saturated heterocycles. The zero-order valence-electron chi connectivity index (χ0n) is 15.6. The fraction of sp³-hybridized carbons (Fsp3) is 0.316. The van der Waals surface area contributed by atoms with Crippen molar-refractivity contribution < 1.29 is 33.4 Å². The van der Waals surface area contributed by atoms with Crippen LogP contribution in [-0.2, 0) is 19.1 Å². The Hall–Kier alpha value is -3.69. The molecular weight excluding hydrogens is 382 g/mol. The van der Waals surface area contributed by atoms with E-state index in [9.17, 15) is 24.0 Å². The maximum atomic E-state index is 12.3. The minimum absolute atomic E-state index is 0.0490. The van der Waals surface area contributed by atoms with E-state index in [0.29, 0.717) is 11.1 Å². The van der Waals surface area contributed by atoms with E-state index in [2.05, 4.69) is 10.6 Å². The molecule has 0 unspecified atom stereocenters. The van der Waals surface area contributed by atoms with E-state index in [-0.39, 0.29) is 44.0 Å². The van der Waals surface area contributed by atoms with Gasteiger partial charge in [0.25, 0.3) is 11.8 Å². The number of imide groups is 1.